The zero-order valence-corrected chi connectivity index (χ0v) is 10.5. The van der Waals surface area contributed by atoms with E-state index in [1.807, 2.05) is 0 Å². The molecule has 18 heavy (non-hydrogen) atoms. The Balaban J connectivity index is 4.98. The van der Waals surface area contributed by atoms with E-state index in [0.717, 1.165) is 13.8 Å². The van der Waals surface area contributed by atoms with Crippen LogP contribution in [0.4, 0.5) is 0 Å². The van der Waals surface area contributed by atoms with E-state index < -0.39 is 35.3 Å². The number of rotatable bonds is 9. The average Bonchev–Trinajstić information content (AvgIpc) is 2.23. The van der Waals surface area contributed by atoms with Gasteiger partial charge in [0.1, 0.15) is 6.61 Å². The van der Waals surface area contributed by atoms with Crippen molar-refractivity contribution in [1.29, 1.82) is 0 Å². The second-order valence-corrected chi connectivity index (χ2v) is 3.67. The van der Waals surface area contributed by atoms with Gasteiger partial charge in [0.2, 0.25) is 5.41 Å². The lowest BCUT2D eigenvalue weighted by Crippen LogP contribution is -2.52. The molecule has 1 N–H and O–H groups in total. The Kier molecular flexibility index (Phi) is 6.35. The van der Waals surface area contributed by atoms with Crippen molar-refractivity contribution < 1.29 is 34.1 Å². The van der Waals surface area contributed by atoms with Gasteiger partial charge in [0.25, 0.3) is 0 Å². The van der Waals surface area contributed by atoms with Gasteiger partial charge in [-0.3, -0.25) is 19.2 Å². The predicted molar refractivity (Wildman–Crippen MR) is 58.6 cm³/mol. The second-order valence-electron chi connectivity index (χ2n) is 3.67. The number of Topliss-reactive ketones (excluding diaryl/α,β-unsaturated/α-hetero) is 3. The monoisotopic (exact) mass is 260 g/mol. The smallest absolute Gasteiger partial charge is 0.332 e. The van der Waals surface area contributed by atoms with Crippen molar-refractivity contribution in [2.75, 3.05) is 13.2 Å². The van der Waals surface area contributed by atoms with Gasteiger partial charge in [-0.1, -0.05) is 6.92 Å². The molecular formula is C11H16O7. The minimum absolute atomic E-state index is 0.216. The van der Waals surface area contributed by atoms with Gasteiger partial charge in [-0.05, 0) is 20.3 Å². The van der Waals surface area contributed by atoms with Gasteiger partial charge < -0.3 is 5.11 Å². The normalized spacial score (nSPS) is 11.1. The number of carboxylic acid groups (broad SMARTS) is 1. The topological polar surface area (TPSA) is 107 Å². The first kappa shape index (κ1) is 16.4. The van der Waals surface area contributed by atoms with Crippen LogP contribution in [-0.4, -0.2) is 41.6 Å². The van der Waals surface area contributed by atoms with E-state index in [2.05, 4.69) is 9.78 Å². The standard InChI is InChI=1S/C11H16O7/c1-4-5-17-18-6-9(14)11(7(2)12,8(3)13)10(15)16/h4-6H2,1-3H3,(H,15,16). The molecular weight excluding hydrogens is 244 g/mol. The Morgan fingerprint density at radius 1 is 1.06 bits per heavy atom. The summed E-state index contributed by atoms with van der Waals surface area (Å²) in [5, 5.41) is 8.98. The lowest BCUT2D eigenvalue weighted by molar-refractivity contribution is -0.289. The second kappa shape index (κ2) is 6.97. The summed E-state index contributed by atoms with van der Waals surface area (Å²) in [4.78, 5) is 54.5. The summed E-state index contributed by atoms with van der Waals surface area (Å²) in [6.07, 6.45) is 0.637. The SMILES string of the molecule is CCCOOCC(=O)C(C(C)=O)(C(C)=O)C(=O)O. The molecule has 0 spiro atoms. The van der Waals surface area contributed by atoms with E-state index in [4.69, 9.17) is 5.11 Å². The van der Waals surface area contributed by atoms with Gasteiger partial charge in [0.05, 0.1) is 6.61 Å². The Hall–Kier alpha value is -1.60. The molecule has 7 nitrogen and oxygen atoms in total. The van der Waals surface area contributed by atoms with Gasteiger partial charge in [-0.2, -0.15) is 0 Å². The molecule has 0 saturated heterocycles. The van der Waals surface area contributed by atoms with Gasteiger partial charge in [-0.25, -0.2) is 9.78 Å². The predicted octanol–water partition coefficient (Wildman–Crippen LogP) is 0.163. The molecule has 0 radical (unpaired) electrons. The van der Waals surface area contributed by atoms with E-state index in [9.17, 15) is 19.2 Å². The van der Waals surface area contributed by atoms with Crippen LogP contribution >= 0.6 is 0 Å². The molecule has 0 aromatic heterocycles. The number of hydrogen-bond donors (Lipinski definition) is 1. The molecule has 0 heterocycles. The molecule has 0 aliphatic rings. The van der Waals surface area contributed by atoms with Crippen LogP contribution in [0.2, 0.25) is 0 Å². The molecule has 7 heteroatoms. The highest BCUT2D eigenvalue weighted by molar-refractivity contribution is 6.36. The lowest BCUT2D eigenvalue weighted by atomic mass is 9.76. The molecule has 102 valence electrons. The lowest BCUT2D eigenvalue weighted by Gasteiger charge is -2.21. The molecule has 0 rings (SSSR count). The fourth-order valence-corrected chi connectivity index (χ4v) is 1.41. The molecule has 0 aliphatic carbocycles. The first-order chi connectivity index (χ1) is 8.31. The van der Waals surface area contributed by atoms with E-state index in [-0.39, 0.29) is 6.61 Å². The maximum Gasteiger partial charge on any atom is 0.332 e. The summed E-state index contributed by atoms with van der Waals surface area (Å²) >= 11 is 0. The molecule has 0 saturated carbocycles. The number of carboxylic acids is 1. The Bertz CT molecular complexity index is 322. The van der Waals surface area contributed by atoms with E-state index in [1.165, 1.54) is 0 Å². The van der Waals surface area contributed by atoms with Crippen LogP contribution in [0.25, 0.3) is 0 Å². The zero-order valence-electron chi connectivity index (χ0n) is 10.5. The van der Waals surface area contributed by atoms with Crippen LogP contribution in [0.5, 0.6) is 0 Å². The first-order valence-electron chi connectivity index (χ1n) is 5.34. The van der Waals surface area contributed by atoms with E-state index in [0.29, 0.717) is 6.42 Å². The fraction of sp³-hybridized carbons (Fsp3) is 0.636. The quantitative estimate of drug-likeness (QED) is 0.272. The Labute approximate surface area is 104 Å². The van der Waals surface area contributed by atoms with Crippen LogP contribution < -0.4 is 0 Å². The van der Waals surface area contributed by atoms with Crippen molar-refractivity contribution in [2.45, 2.75) is 27.2 Å². The first-order valence-corrected chi connectivity index (χ1v) is 5.34. The summed E-state index contributed by atoms with van der Waals surface area (Å²) in [6.45, 7) is 3.00. The minimum Gasteiger partial charge on any atom is -0.480 e. The highest BCUT2D eigenvalue weighted by Crippen LogP contribution is 2.22. The molecule has 0 aliphatic heterocycles. The van der Waals surface area contributed by atoms with Crippen molar-refractivity contribution in [1.82, 2.24) is 0 Å². The molecule has 0 fully saturated rings. The fourth-order valence-electron chi connectivity index (χ4n) is 1.41. The van der Waals surface area contributed by atoms with Gasteiger partial charge in [-0.15, -0.1) is 0 Å². The third-order valence-electron chi connectivity index (χ3n) is 2.36. The highest BCUT2D eigenvalue weighted by atomic mass is 17.2. The van der Waals surface area contributed by atoms with E-state index >= 15 is 0 Å². The maximum atomic E-state index is 11.7. The Morgan fingerprint density at radius 2 is 1.56 bits per heavy atom. The molecule has 0 aromatic rings. The van der Waals surface area contributed by atoms with Crippen LogP contribution in [-0.2, 0) is 29.0 Å². The molecule has 0 aromatic carbocycles. The van der Waals surface area contributed by atoms with Crippen LogP contribution in [0, 0.1) is 5.41 Å². The van der Waals surface area contributed by atoms with Crippen LogP contribution in [0.3, 0.4) is 0 Å². The highest BCUT2D eigenvalue weighted by Gasteiger charge is 2.55. The minimum atomic E-state index is -2.70. The third-order valence-corrected chi connectivity index (χ3v) is 2.36. The summed E-state index contributed by atoms with van der Waals surface area (Å²) in [5.41, 5.74) is -2.70. The number of hydrogen-bond acceptors (Lipinski definition) is 6. The summed E-state index contributed by atoms with van der Waals surface area (Å²) in [6, 6.07) is 0. The summed E-state index contributed by atoms with van der Waals surface area (Å²) in [5.74, 6) is -5.05. The molecule has 0 amide bonds. The molecule has 0 atom stereocenters. The number of aliphatic carboxylic acids is 1. The number of carbonyl (C=O) groups is 4. The molecule has 0 bridgehead atoms. The van der Waals surface area contributed by atoms with Crippen molar-refractivity contribution in [3.05, 3.63) is 0 Å². The van der Waals surface area contributed by atoms with Crippen molar-refractivity contribution >= 4 is 23.3 Å². The molecule has 0 unspecified atom stereocenters. The van der Waals surface area contributed by atoms with Gasteiger partial charge in [0.15, 0.2) is 17.3 Å². The number of carbonyl (C=O) groups excluding carboxylic acids is 3. The largest absolute Gasteiger partial charge is 0.480 e. The van der Waals surface area contributed by atoms with E-state index in [1.54, 1.807) is 6.92 Å². The van der Waals surface area contributed by atoms with Crippen molar-refractivity contribution in [3.63, 3.8) is 0 Å². The average molecular weight is 260 g/mol. The van der Waals surface area contributed by atoms with Gasteiger partial charge in [0, 0.05) is 0 Å². The van der Waals surface area contributed by atoms with Gasteiger partial charge >= 0.3 is 5.97 Å². The van der Waals surface area contributed by atoms with Crippen LogP contribution in [0.15, 0.2) is 0 Å². The maximum absolute atomic E-state index is 11.7. The van der Waals surface area contributed by atoms with Crippen molar-refractivity contribution in [2.24, 2.45) is 5.41 Å². The Morgan fingerprint density at radius 3 is 1.89 bits per heavy atom. The summed E-state index contributed by atoms with van der Waals surface area (Å²) in [7, 11) is 0. The zero-order chi connectivity index (χ0) is 14.3. The summed E-state index contributed by atoms with van der Waals surface area (Å²) < 4.78 is 0. The third kappa shape index (κ3) is 3.21. The number of ketones is 3. The van der Waals surface area contributed by atoms with Crippen molar-refractivity contribution in [3.8, 4) is 0 Å². The van der Waals surface area contributed by atoms with Crippen LogP contribution in [0.1, 0.15) is 27.2 Å².